The number of carbonyl (C=O) groups excluding carboxylic acids is 1. The summed E-state index contributed by atoms with van der Waals surface area (Å²) in [6.07, 6.45) is 5.78. The van der Waals surface area contributed by atoms with E-state index in [4.69, 9.17) is 4.74 Å². The van der Waals surface area contributed by atoms with Crippen LogP contribution in [-0.4, -0.2) is 40.3 Å². The fourth-order valence-electron chi connectivity index (χ4n) is 4.79. The van der Waals surface area contributed by atoms with Crippen LogP contribution in [0.4, 0.5) is 5.69 Å². The number of aromatic amines is 1. The van der Waals surface area contributed by atoms with Gasteiger partial charge in [-0.2, -0.15) is 0 Å². The van der Waals surface area contributed by atoms with E-state index < -0.39 is 0 Å². The first kappa shape index (κ1) is 19.1. The maximum absolute atomic E-state index is 12.0. The number of carbonyl (C=O) groups is 1. The molecule has 0 amide bonds. The molecule has 1 saturated carbocycles. The number of H-pyrrole nitrogens is 1. The van der Waals surface area contributed by atoms with Crippen LogP contribution in [0, 0.1) is 0 Å². The van der Waals surface area contributed by atoms with Gasteiger partial charge in [0.2, 0.25) is 0 Å². The fourth-order valence-corrected chi connectivity index (χ4v) is 4.79. The number of benzene rings is 2. The predicted octanol–water partition coefficient (Wildman–Crippen LogP) is 4.08. The third-order valence-corrected chi connectivity index (χ3v) is 6.56. The lowest BCUT2D eigenvalue weighted by Gasteiger charge is -2.32. The summed E-state index contributed by atoms with van der Waals surface area (Å²) in [5.74, 6) is 0.371. The molecule has 1 aliphatic carbocycles. The Morgan fingerprint density at radius 1 is 1.03 bits per heavy atom. The van der Waals surface area contributed by atoms with E-state index in [1.54, 1.807) is 6.33 Å². The number of hydrogen-bond acceptors (Lipinski definition) is 5. The first-order valence-corrected chi connectivity index (χ1v) is 10.8. The minimum Gasteiger partial charge on any atom is -0.463 e. The van der Waals surface area contributed by atoms with Crippen molar-refractivity contribution in [3.05, 3.63) is 59.9 Å². The third kappa shape index (κ3) is 3.79. The van der Waals surface area contributed by atoms with E-state index in [-0.39, 0.29) is 18.1 Å². The number of aliphatic hydroxyl groups is 1. The smallest absolute Gasteiger partial charge is 0.307 e. The summed E-state index contributed by atoms with van der Waals surface area (Å²) in [5.41, 5.74) is 5.45. The van der Waals surface area contributed by atoms with Crippen LogP contribution in [0.1, 0.15) is 55.2 Å². The molecular weight excluding hydrogens is 378 g/mol. The highest BCUT2D eigenvalue weighted by atomic mass is 16.5. The first-order chi connectivity index (χ1) is 14.7. The molecule has 30 heavy (non-hydrogen) atoms. The molecule has 2 aliphatic rings. The second kappa shape index (κ2) is 8.11. The Morgan fingerprint density at radius 3 is 2.60 bits per heavy atom. The summed E-state index contributed by atoms with van der Waals surface area (Å²) in [6.45, 7) is 0.959. The van der Waals surface area contributed by atoms with Crippen LogP contribution in [0.25, 0.3) is 11.0 Å². The van der Waals surface area contributed by atoms with Crippen LogP contribution in [-0.2, 0) is 9.53 Å². The molecule has 2 heterocycles. The lowest BCUT2D eigenvalue weighted by Crippen LogP contribution is -2.30. The number of imidazole rings is 1. The summed E-state index contributed by atoms with van der Waals surface area (Å²) < 4.78 is 5.52. The van der Waals surface area contributed by atoms with Crippen molar-refractivity contribution >= 4 is 22.7 Å². The van der Waals surface area contributed by atoms with E-state index in [9.17, 15) is 9.90 Å². The molecule has 1 saturated heterocycles. The first-order valence-electron chi connectivity index (χ1n) is 10.8. The van der Waals surface area contributed by atoms with Crippen LogP contribution >= 0.6 is 0 Å². The topological polar surface area (TPSA) is 78.5 Å². The number of aliphatic hydroxyl groups excluding tert-OH is 1. The number of anilines is 1. The number of nitrogens with one attached hydrogen (secondary N) is 1. The molecule has 1 atom stereocenters. The minimum atomic E-state index is -0.150. The molecule has 6 nitrogen and oxygen atoms in total. The van der Waals surface area contributed by atoms with E-state index in [2.05, 4.69) is 51.3 Å². The van der Waals surface area contributed by atoms with Crippen molar-refractivity contribution in [3.63, 3.8) is 0 Å². The highest BCUT2D eigenvalue weighted by Gasteiger charge is 2.28. The SMILES string of the molecule is O=C1CCN(c2ccc3nc[nH]c3c2)C(c2ccc(C3CCC(O)CC3)cc2)CO1. The van der Waals surface area contributed by atoms with E-state index in [0.717, 1.165) is 48.0 Å². The fraction of sp³-hybridized carbons (Fsp3) is 0.417. The predicted molar refractivity (Wildman–Crippen MR) is 115 cm³/mol. The average molecular weight is 405 g/mol. The molecule has 1 unspecified atom stereocenters. The van der Waals surface area contributed by atoms with Crippen LogP contribution in [0.3, 0.4) is 0 Å². The van der Waals surface area contributed by atoms with Gasteiger partial charge in [-0.25, -0.2) is 4.98 Å². The molecule has 1 aliphatic heterocycles. The van der Waals surface area contributed by atoms with Gasteiger partial charge in [-0.05, 0) is 60.9 Å². The number of fused-ring (bicyclic) bond motifs is 1. The molecule has 156 valence electrons. The maximum Gasteiger partial charge on any atom is 0.307 e. The Kier molecular flexibility index (Phi) is 5.17. The second-order valence-electron chi connectivity index (χ2n) is 8.42. The molecule has 6 heteroatoms. The molecule has 0 spiro atoms. The van der Waals surface area contributed by atoms with E-state index >= 15 is 0 Å². The molecule has 2 aromatic carbocycles. The van der Waals surface area contributed by atoms with Crippen LogP contribution in [0.2, 0.25) is 0 Å². The summed E-state index contributed by atoms with van der Waals surface area (Å²) in [5, 5.41) is 9.77. The highest BCUT2D eigenvalue weighted by Crippen LogP contribution is 2.35. The molecule has 1 aromatic heterocycles. The van der Waals surface area contributed by atoms with Crippen molar-refractivity contribution < 1.29 is 14.6 Å². The van der Waals surface area contributed by atoms with Crippen molar-refractivity contribution in [1.82, 2.24) is 9.97 Å². The second-order valence-corrected chi connectivity index (χ2v) is 8.42. The molecule has 2 fully saturated rings. The van der Waals surface area contributed by atoms with Gasteiger partial charge in [0, 0.05) is 12.2 Å². The quantitative estimate of drug-likeness (QED) is 0.642. The summed E-state index contributed by atoms with van der Waals surface area (Å²) in [7, 11) is 0. The van der Waals surface area contributed by atoms with Crippen molar-refractivity contribution in [2.75, 3.05) is 18.1 Å². The van der Waals surface area contributed by atoms with Gasteiger partial charge in [-0.15, -0.1) is 0 Å². The number of nitrogens with zero attached hydrogens (tertiary/aromatic N) is 2. The summed E-state index contributed by atoms with van der Waals surface area (Å²) >= 11 is 0. The molecule has 0 bridgehead atoms. The number of aromatic nitrogens is 2. The molecule has 5 rings (SSSR count). The number of cyclic esters (lactones) is 1. The van der Waals surface area contributed by atoms with Crippen LogP contribution in [0.15, 0.2) is 48.8 Å². The molecular formula is C24H27N3O3. The number of ether oxygens (including phenoxy) is 1. The van der Waals surface area contributed by atoms with Gasteiger partial charge in [0.25, 0.3) is 0 Å². The van der Waals surface area contributed by atoms with Crippen molar-refractivity contribution in [3.8, 4) is 0 Å². The monoisotopic (exact) mass is 405 g/mol. The Labute approximate surface area is 175 Å². The maximum atomic E-state index is 12.0. The number of esters is 1. The van der Waals surface area contributed by atoms with Gasteiger partial charge in [-0.1, -0.05) is 24.3 Å². The Balaban J connectivity index is 1.42. The van der Waals surface area contributed by atoms with Crippen molar-refractivity contribution in [2.24, 2.45) is 0 Å². The molecule has 3 aromatic rings. The van der Waals surface area contributed by atoms with Gasteiger partial charge in [0.15, 0.2) is 0 Å². The lowest BCUT2D eigenvalue weighted by atomic mass is 9.82. The standard InChI is InChI=1S/C24H27N3O3/c28-20-8-5-17(6-9-20)16-1-3-18(4-2-16)23-14-30-24(29)11-12-27(23)19-7-10-21-22(13-19)26-15-25-21/h1-4,7,10,13,15,17,20,23,28H,5-6,8-9,11-12,14H2,(H,25,26). The van der Waals surface area contributed by atoms with E-state index in [0.29, 0.717) is 25.5 Å². The minimum absolute atomic E-state index is 0.0287. The van der Waals surface area contributed by atoms with Gasteiger partial charge in [0.05, 0.1) is 35.9 Å². The Hall–Kier alpha value is -2.86. The zero-order valence-electron chi connectivity index (χ0n) is 17.0. The zero-order valence-corrected chi connectivity index (χ0v) is 17.0. The van der Waals surface area contributed by atoms with E-state index in [1.807, 2.05) is 6.07 Å². The zero-order chi connectivity index (χ0) is 20.5. The van der Waals surface area contributed by atoms with Gasteiger partial charge in [0.1, 0.15) is 6.61 Å². The summed E-state index contributed by atoms with van der Waals surface area (Å²) in [4.78, 5) is 21.7. The Bertz CT molecular complexity index is 1020. The number of rotatable bonds is 3. The van der Waals surface area contributed by atoms with Gasteiger partial charge >= 0.3 is 5.97 Å². The highest BCUT2D eigenvalue weighted by molar-refractivity contribution is 5.79. The molecule has 2 N–H and O–H groups in total. The Morgan fingerprint density at radius 2 is 1.80 bits per heavy atom. The van der Waals surface area contributed by atoms with Crippen LogP contribution in [0.5, 0.6) is 0 Å². The third-order valence-electron chi connectivity index (χ3n) is 6.56. The van der Waals surface area contributed by atoms with Crippen molar-refractivity contribution in [1.29, 1.82) is 0 Å². The van der Waals surface area contributed by atoms with Gasteiger partial charge < -0.3 is 19.7 Å². The van der Waals surface area contributed by atoms with E-state index in [1.165, 1.54) is 5.56 Å². The number of hydrogen-bond donors (Lipinski definition) is 2. The van der Waals surface area contributed by atoms with Crippen molar-refractivity contribution in [2.45, 2.75) is 50.2 Å². The van der Waals surface area contributed by atoms with Gasteiger partial charge in [-0.3, -0.25) is 4.79 Å². The largest absolute Gasteiger partial charge is 0.463 e. The van der Waals surface area contributed by atoms with Crippen LogP contribution < -0.4 is 4.90 Å². The average Bonchev–Trinajstić information content (AvgIpc) is 3.16. The molecule has 0 radical (unpaired) electrons. The normalized spacial score (nSPS) is 25.2. The lowest BCUT2D eigenvalue weighted by molar-refractivity contribution is -0.142. The summed E-state index contributed by atoms with van der Waals surface area (Å²) in [6, 6.07) is 14.9.